The Labute approximate surface area is 242 Å². The minimum atomic E-state index is -1.10. The van der Waals surface area contributed by atoms with Crippen molar-refractivity contribution in [3.05, 3.63) is 106 Å². The highest BCUT2D eigenvalue weighted by molar-refractivity contribution is 7.64. The summed E-state index contributed by atoms with van der Waals surface area (Å²) in [6, 6.07) is 18.4. The van der Waals surface area contributed by atoms with Gasteiger partial charge in [-0.2, -0.15) is 0 Å². The van der Waals surface area contributed by atoms with E-state index in [0.717, 1.165) is 30.7 Å². The van der Waals surface area contributed by atoms with Crippen LogP contribution in [0.4, 0.5) is 11.5 Å². The molecule has 0 bridgehead atoms. The number of nitrogens with one attached hydrogen (secondary N) is 2. The Bertz CT molecular complexity index is 1830. The number of imidazole rings is 1. The zero-order valence-electron chi connectivity index (χ0n) is 22.8. The van der Waals surface area contributed by atoms with E-state index in [4.69, 9.17) is 10.2 Å². The highest BCUT2D eigenvalue weighted by atomic mass is 31.1. The molecule has 12 heteroatoms. The Morgan fingerprint density at radius 2 is 1.86 bits per heavy atom. The number of carbonyl (C=O) groups is 2. The topological polar surface area (TPSA) is 144 Å². The quantitative estimate of drug-likeness (QED) is 0.222. The van der Waals surface area contributed by atoms with E-state index in [2.05, 4.69) is 39.4 Å². The smallest absolute Gasteiger partial charge is 0.337 e. The van der Waals surface area contributed by atoms with Crippen molar-refractivity contribution >= 4 is 42.3 Å². The second-order valence-electron chi connectivity index (χ2n) is 10.2. The van der Waals surface area contributed by atoms with Gasteiger partial charge in [-0.15, -0.1) is 5.10 Å². The van der Waals surface area contributed by atoms with Crippen LogP contribution in [-0.4, -0.2) is 53.8 Å². The maximum Gasteiger partial charge on any atom is 0.337 e. The molecule has 1 fully saturated rings. The van der Waals surface area contributed by atoms with Crippen LogP contribution < -0.4 is 21.5 Å². The standard InChI is InChI=1S/C30H28N7O4P/c1-42(18-19-7-3-2-4-8-19)24-15-25(35-37-23(17-32-27(24)37)28(38)33-21-9-5-10-21)34-22-11-6-14-36(29(22)39)26-13-12-20(16-31-26)30(40)41/h2-4,6-8,11-17,21H,5,9-10,18H2,1H3,(H,33,38)(H,34,35)(H,40,41). The summed E-state index contributed by atoms with van der Waals surface area (Å²) in [4.78, 5) is 46.6. The molecule has 0 spiro atoms. The first-order chi connectivity index (χ1) is 20.4. The van der Waals surface area contributed by atoms with Gasteiger partial charge in [0.05, 0.1) is 11.8 Å². The summed E-state index contributed by atoms with van der Waals surface area (Å²) >= 11 is 0. The van der Waals surface area contributed by atoms with Crippen LogP contribution in [0.3, 0.4) is 0 Å². The molecule has 212 valence electrons. The molecule has 1 unspecified atom stereocenters. The number of fused-ring (bicyclic) bond motifs is 1. The lowest BCUT2D eigenvalue weighted by Gasteiger charge is -2.26. The summed E-state index contributed by atoms with van der Waals surface area (Å²) in [6.45, 7) is 2.16. The predicted molar refractivity (Wildman–Crippen MR) is 161 cm³/mol. The Hall–Kier alpha value is -4.89. The highest BCUT2D eigenvalue weighted by Crippen LogP contribution is 2.36. The van der Waals surface area contributed by atoms with Crippen molar-refractivity contribution < 1.29 is 14.7 Å². The summed E-state index contributed by atoms with van der Waals surface area (Å²) in [6.07, 6.45) is 8.14. The third-order valence-corrected chi connectivity index (χ3v) is 9.24. The molecule has 11 nitrogen and oxygen atoms in total. The molecule has 1 atom stereocenters. The zero-order chi connectivity index (χ0) is 29.2. The van der Waals surface area contributed by atoms with Gasteiger partial charge in [-0.25, -0.2) is 19.3 Å². The van der Waals surface area contributed by atoms with E-state index in [0.29, 0.717) is 17.2 Å². The third kappa shape index (κ3) is 5.51. The lowest BCUT2D eigenvalue weighted by atomic mass is 9.93. The molecule has 0 aliphatic heterocycles. The summed E-state index contributed by atoms with van der Waals surface area (Å²) in [7, 11) is -0.752. The fourth-order valence-electron chi connectivity index (χ4n) is 4.77. The predicted octanol–water partition coefficient (Wildman–Crippen LogP) is 3.94. The van der Waals surface area contributed by atoms with Crippen LogP contribution in [0.25, 0.3) is 11.5 Å². The van der Waals surface area contributed by atoms with Crippen LogP contribution in [0, 0.1) is 0 Å². The van der Waals surface area contributed by atoms with E-state index < -0.39 is 19.5 Å². The second kappa shape index (κ2) is 11.5. The summed E-state index contributed by atoms with van der Waals surface area (Å²) in [5, 5.41) is 21.0. The molecule has 0 saturated heterocycles. The minimum absolute atomic E-state index is 0.0233. The van der Waals surface area contributed by atoms with E-state index >= 15 is 0 Å². The van der Waals surface area contributed by atoms with Gasteiger partial charge in [0.15, 0.2) is 17.2 Å². The SMILES string of the molecule is CP(Cc1ccccc1)c1cc(Nc2cccn(-c3ccc(C(=O)O)cn3)c2=O)nn2c(C(=O)NC3CCC3)cnc12. The van der Waals surface area contributed by atoms with Gasteiger partial charge in [0, 0.05) is 23.7 Å². The molecular formula is C30H28N7O4P. The van der Waals surface area contributed by atoms with Crippen LogP contribution in [0.1, 0.15) is 45.7 Å². The average molecular weight is 582 g/mol. The van der Waals surface area contributed by atoms with Crippen molar-refractivity contribution in [2.24, 2.45) is 0 Å². The maximum absolute atomic E-state index is 13.4. The van der Waals surface area contributed by atoms with Crippen LogP contribution in [0.15, 0.2) is 84.0 Å². The number of carboxylic acids is 1. The number of pyridine rings is 2. The van der Waals surface area contributed by atoms with E-state index in [1.165, 1.54) is 28.5 Å². The number of hydrogen-bond donors (Lipinski definition) is 3. The fourth-order valence-corrected chi connectivity index (χ4v) is 6.53. The number of carbonyl (C=O) groups excluding carboxylic acids is 1. The van der Waals surface area contributed by atoms with Gasteiger partial charge in [0.25, 0.3) is 11.5 Å². The van der Waals surface area contributed by atoms with Crippen LogP contribution in [-0.2, 0) is 6.16 Å². The average Bonchev–Trinajstić information content (AvgIpc) is 3.40. The highest BCUT2D eigenvalue weighted by Gasteiger charge is 2.24. The maximum atomic E-state index is 13.4. The van der Waals surface area contributed by atoms with E-state index in [9.17, 15) is 14.4 Å². The van der Waals surface area contributed by atoms with Crippen molar-refractivity contribution in [3.63, 3.8) is 0 Å². The number of amides is 1. The molecule has 1 aliphatic rings. The Morgan fingerprint density at radius 3 is 2.55 bits per heavy atom. The molecule has 1 aromatic carbocycles. The molecule has 3 N–H and O–H groups in total. The summed E-state index contributed by atoms with van der Waals surface area (Å²) in [5.41, 5.74) is 2.00. The number of hydrogen-bond acceptors (Lipinski definition) is 7. The molecule has 4 aromatic heterocycles. The summed E-state index contributed by atoms with van der Waals surface area (Å²) in [5.74, 6) is -0.663. The van der Waals surface area contributed by atoms with Gasteiger partial charge in [-0.1, -0.05) is 38.3 Å². The first kappa shape index (κ1) is 27.3. The van der Waals surface area contributed by atoms with Gasteiger partial charge >= 0.3 is 5.97 Å². The van der Waals surface area contributed by atoms with Crippen molar-refractivity contribution in [1.29, 1.82) is 0 Å². The molecular weight excluding hydrogens is 553 g/mol. The first-order valence-corrected chi connectivity index (χ1v) is 15.5. The number of nitrogens with zero attached hydrogens (tertiary/aromatic N) is 5. The van der Waals surface area contributed by atoms with E-state index in [-0.39, 0.29) is 29.0 Å². The normalized spacial score (nSPS) is 13.8. The fraction of sp³-hybridized carbons (Fsp3) is 0.200. The first-order valence-electron chi connectivity index (χ1n) is 13.5. The van der Waals surface area contributed by atoms with Gasteiger partial charge in [-0.3, -0.25) is 14.2 Å². The summed E-state index contributed by atoms with van der Waals surface area (Å²) < 4.78 is 2.88. The molecule has 0 radical (unpaired) electrons. The lowest BCUT2D eigenvalue weighted by molar-refractivity contribution is 0.0696. The number of rotatable bonds is 9. The Kier molecular flexibility index (Phi) is 7.50. The largest absolute Gasteiger partial charge is 0.478 e. The van der Waals surface area contributed by atoms with Crippen LogP contribution in [0.2, 0.25) is 0 Å². The Morgan fingerprint density at radius 1 is 1.05 bits per heavy atom. The third-order valence-electron chi connectivity index (χ3n) is 7.25. The molecule has 1 amide bonds. The monoisotopic (exact) mass is 581 g/mol. The number of aromatic nitrogens is 5. The van der Waals surface area contributed by atoms with Crippen molar-refractivity contribution in [1.82, 2.24) is 29.5 Å². The van der Waals surface area contributed by atoms with Crippen molar-refractivity contribution in [3.8, 4) is 5.82 Å². The molecule has 42 heavy (non-hydrogen) atoms. The van der Waals surface area contributed by atoms with Gasteiger partial charge in [0.1, 0.15) is 11.5 Å². The van der Waals surface area contributed by atoms with Crippen LogP contribution in [0.5, 0.6) is 0 Å². The van der Waals surface area contributed by atoms with E-state index in [1.807, 2.05) is 24.3 Å². The van der Waals surface area contributed by atoms with E-state index in [1.54, 1.807) is 29.0 Å². The molecule has 4 heterocycles. The lowest BCUT2D eigenvalue weighted by Crippen LogP contribution is -2.40. The zero-order valence-corrected chi connectivity index (χ0v) is 23.7. The Balaban J connectivity index is 1.38. The second-order valence-corrected chi connectivity index (χ2v) is 12.4. The molecule has 1 aliphatic carbocycles. The van der Waals surface area contributed by atoms with Crippen molar-refractivity contribution in [2.75, 3.05) is 12.0 Å². The van der Waals surface area contributed by atoms with Gasteiger partial charge in [0.2, 0.25) is 0 Å². The van der Waals surface area contributed by atoms with Crippen LogP contribution >= 0.6 is 7.92 Å². The number of aromatic carboxylic acids is 1. The van der Waals surface area contributed by atoms with Gasteiger partial charge in [-0.05, 0) is 68.0 Å². The number of anilines is 2. The number of benzene rings is 1. The molecule has 1 saturated carbocycles. The molecule has 6 rings (SSSR count). The molecule has 5 aromatic rings. The van der Waals surface area contributed by atoms with Crippen molar-refractivity contribution in [2.45, 2.75) is 31.5 Å². The number of carboxylic acid groups (broad SMARTS) is 1. The minimum Gasteiger partial charge on any atom is -0.478 e. The van der Waals surface area contributed by atoms with Gasteiger partial charge < -0.3 is 15.7 Å².